The van der Waals surface area contributed by atoms with E-state index in [1.54, 1.807) is 0 Å². The second kappa shape index (κ2) is 6.82. The Morgan fingerprint density at radius 1 is 1.25 bits per heavy atom. The molecule has 3 heteroatoms. The fraction of sp³-hybridized carbons (Fsp3) is 0.647. The van der Waals surface area contributed by atoms with E-state index >= 15 is 0 Å². The van der Waals surface area contributed by atoms with Gasteiger partial charge < -0.3 is 10.2 Å². The number of nitrogens with one attached hydrogen (secondary N) is 1. The second-order valence-electron chi connectivity index (χ2n) is 6.57. The molecule has 0 spiro atoms. The maximum atomic E-state index is 6.23. The van der Waals surface area contributed by atoms with E-state index in [0.29, 0.717) is 12.0 Å². The largest absolute Gasteiger partial charge is 0.369 e. The minimum atomic E-state index is 0.482. The average molecular weight is 295 g/mol. The summed E-state index contributed by atoms with van der Waals surface area (Å²) >= 11 is 6.23. The van der Waals surface area contributed by atoms with Crippen molar-refractivity contribution in [3.8, 4) is 0 Å². The summed E-state index contributed by atoms with van der Waals surface area (Å²) in [6.45, 7) is 11.0. The number of benzene rings is 1. The number of rotatable bonds is 7. The van der Waals surface area contributed by atoms with Crippen LogP contribution < -0.4 is 10.2 Å². The molecule has 0 bridgehead atoms. The standard InChI is InChI=1S/C17H27ClN2/c1-12(2)11-20(13(3)4)17-9-15(18)6-5-14(17)10-19-16-7-8-16/h5-6,9,12-13,16,19H,7-8,10-11H2,1-4H3. The summed E-state index contributed by atoms with van der Waals surface area (Å²) in [6.07, 6.45) is 2.64. The quantitative estimate of drug-likeness (QED) is 0.798. The van der Waals surface area contributed by atoms with Crippen molar-refractivity contribution in [1.82, 2.24) is 5.32 Å². The lowest BCUT2D eigenvalue weighted by atomic mass is 10.1. The van der Waals surface area contributed by atoms with E-state index < -0.39 is 0 Å². The molecular weight excluding hydrogens is 268 g/mol. The number of hydrogen-bond acceptors (Lipinski definition) is 2. The first kappa shape index (κ1) is 15.7. The Balaban J connectivity index is 2.21. The second-order valence-corrected chi connectivity index (χ2v) is 7.00. The summed E-state index contributed by atoms with van der Waals surface area (Å²) in [5, 5.41) is 4.43. The number of anilines is 1. The van der Waals surface area contributed by atoms with Crippen LogP contribution in [-0.4, -0.2) is 18.6 Å². The average Bonchev–Trinajstić information content (AvgIpc) is 3.18. The van der Waals surface area contributed by atoms with Gasteiger partial charge in [0.1, 0.15) is 0 Å². The van der Waals surface area contributed by atoms with E-state index in [9.17, 15) is 0 Å². The van der Waals surface area contributed by atoms with Gasteiger partial charge in [-0.15, -0.1) is 0 Å². The van der Waals surface area contributed by atoms with Crippen molar-refractivity contribution >= 4 is 17.3 Å². The molecule has 20 heavy (non-hydrogen) atoms. The zero-order valence-electron chi connectivity index (χ0n) is 13.1. The molecule has 2 rings (SSSR count). The lowest BCUT2D eigenvalue weighted by Crippen LogP contribution is -2.35. The number of nitrogens with zero attached hydrogens (tertiary/aromatic N) is 1. The van der Waals surface area contributed by atoms with Gasteiger partial charge in [-0.25, -0.2) is 0 Å². The highest BCUT2D eigenvalue weighted by molar-refractivity contribution is 6.30. The van der Waals surface area contributed by atoms with Gasteiger partial charge in [-0.3, -0.25) is 0 Å². The predicted molar refractivity (Wildman–Crippen MR) is 88.6 cm³/mol. The normalized spacial score (nSPS) is 15.2. The van der Waals surface area contributed by atoms with Crippen molar-refractivity contribution in [2.75, 3.05) is 11.4 Å². The molecule has 1 N–H and O–H groups in total. The smallest absolute Gasteiger partial charge is 0.0429 e. The van der Waals surface area contributed by atoms with Crippen molar-refractivity contribution in [1.29, 1.82) is 0 Å². The SMILES string of the molecule is CC(C)CN(c1cc(Cl)ccc1CNC1CC1)C(C)C. The maximum absolute atomic E-state index is 6.23. The minimum absolute atomic E-state index is 0.482. The number of hydrogen-bond donors (Lipinski definition) is 1. The highest BCUT2D eigenvalue weighted by Crippen LogP contribution is 2.28. The summed E-state index contributed by atoms with van der Waals surface area (Å²) in [5.41, 5.74) is 2.64. The van der Waals surface area contributed by atoms with Crippen LogP contribution in [0.1, 0.15) is 46.1 Å². The van der Waals surface area contributed by atoms with Crippen molar-refractivity contribution in [2.24, 2.45) is 5.92 Å². The van der Waals surface area contributed by atoms with Crippen LogP contribution >= 0.6 is 11.6 Å². The fourth-order valence-corrected chi connectivity index (χ4v) is 2.64. The van der Waals surface area contributed by atoms with Gasteiger partial charge in [-0.2, -0.15) is 0 Å². The van der Waals surface area contributed by atoms with Gasteiger partial charge in [0.2, 0.25) is 0 Å². The first-order chi connectivity index (χ1) is 9.47. The van der Waals surface area contributed by atoms with Gasteiger partial charge in [-0.05, 0) is 50.3 Å². The van der Waals surface area contributed by atoms with Crippen LogP contribution in [0, 0.1) is 5.92 Å². The summed E-state index contributed by atoms with van der Waals surface area (Å²) in [4.78, 5) is 2.47. The van der Waals surface area contributed by atoms with E-state index in [-0.39, 0.29) is 0 Å². The summed E-state index contributed by atoms with van der Waals surface area (Å²) in [7, 11) is 0. The van der Waals surface area contributed by atoms with Crippen LogP contribution in [0.25, 0.3) is 0 Å². The predicted octanol–water partition coefficient (Wildman–Crippen LogP) is 4.46. The third-order valence-electron chi connectivity index (χ3n) is 3.70. The fourth-order valence-electron chi connectivity index (χ4n) is 2.48. The molecule has 0 saturated heterocycles. The maximum Gasteiger partial charge on any atom is 0.0429 e. The molecule has 112 valence electrons. The first-order valence-electron chi connectivity index (χ1n) is 7.75. The molecule has 0 atom stereocenters. The van der Waals surface area contributed by atoms with E-state index in [1.165, 1.54) is 24.1 Å². The Labute approximate surface area is 128 Å². The van der Waals surface area contributed by atoms with Crippen molar-refractivity contribution in [2.45, 2.75) is 59.2 Å². The third kappa shape index (κ3) is 4.39. The molecule has 1 aliphatic carbocycles. The molecule has 1 aromatic carbocycles. The molecule has 0 aromatic heterocycles. The van der Waals surface area contributed by atoms with E-state index in [2.05, 4.69) is 50.0 Å². The Hall–Kier alpha value is -0.730. The highest BCUT2D eigenvalue weighted by atomic mass is 35.5. The minimum Gasteiger partial charge on any atom is -0.369 e. The zero-order chi connectivity index (χ0) is 14.7. The molecule has 0 heterocycles. The molecule has 1 aliphatic rings. The summed E-state index contributed by atoms with van der Waals surface area (Å²) in [6, 6.07) is 7.51. The Kier molecular flexibility index (Phi) is 5.34. The van der Waals surface area contributed by atoms with Crippen molar-refractivity contribution in [3.05, 3.63) is 28.8 Å². The molecule has 0 radical (unpaired) electrons. The van der Waals surface area contributed by atoms with Gasteiger partial charge in [0.25, 0.3) is 0 Å². The van der Waals surface area contributed by atoms with Gasteiger partial charge in [0, 0.05) is 35.9 Å². The lowest BCUT2D eigenvalue weighted by molar-refractivity contribution is 0.567. The van der Waals surface area contributed by atoms with Crippen LogP contribution in [-0.2, 0) is 6.54 Å². The lowest BCUT2D eigenvalue weighted by Gasteiger charge is -2.33. The van der Waals surface area contributed by atoms with Gasteiger partial charge in [0.15, 0.2) is 0 Å². The molecule has 1 saturated carbocycles. The summed E-state index contributed by atoms with van der Waals surface area (Å²) in [5.74, 6) is 0.639. The Bertz CT molecular complexity index is 439. The molecule has 0 unspecified atom stereocenters. The van der Waals surface area contributed by atoms with Gasteiger partial charge in [-0.1, -0.05) is 31.5 Å². The first-order valence-corrected chi connectivity index (χ1v) is 8.13. The van der Waals surface area contributed by atoms with E-state index in [1.807, 2.05) is 6.07 Å². The van der Waals surface area contributed by atoms with Crippen LogP contribution in [0.5, 0.6) is 0 Å². The monoisotopic (exact) mass is 294 g/mol. The molecule has 2 nitrogen and oxygen atoms in total. The van der Waals surface area contributed by atoms with Crippen molar-refractivity contribution in [3.63, 3.8) is 0 Å². The highest BCUT2D eigenvalue weighted by Gasteiger charge is 2.22. The number of halogens is 1. The van der Waals surface area contributed by atoms with Gasteiger partial charge in [0.05, 0.1) is 0 Å². The molecular formula is C17H27ClN2. The van der Waals surface area contributed by atoms with Crippen LogP contribution in [0.4, 0.5) is 5.69 Å². The Morgan fingerprint density at radius 3 is 2.50 bits per heavy atom. The molecule has 1 aromatic rings. The molecule has 0 aliphatic heterocycles. The van der Waals surface area contributed by atoms with Gasteiger partial charge >= 0.3 is 0 Å². The Morgan fingerprint density at radius 2 is 1.95 bits per heavy atom. The van der Waals surface area contributed by atoms with E-state index in [4.69, 9.17) is 11.6 Å². The van der Waals surface area contributed by atoms with Crippen LogP contribution in [0.3, 0.4) is 0 Å². The molecule has 1 fully saturated rings. The zero-order valence-corrected chi connectivity index (χ0v) is 13.9. The van der Waals surface area contributed by atoms with Crippen molar-refractivity contribution < 1.29 is 0 Å². The van der Waals surface area contributed by atoms with Crippen LogP contribution in [0.2, 0.25) is 5.02 Å². The summed E-state index contributed by atoms with van der Waals surface area (Å²) < 4.78 is 0. The molecule has 0 amide bonds. The van der Waals surface area contributed by atoms with Crippen LogP contribution in [0.15, 0.2) is 18.2 Å². The third-order valence-corrected chi connectivity index (χ3v) is 3.94. The topological polar surface area (TPSA) is 15.3 Å². The van der Waals surface area contributed by atoms with E-state index in [0.717, 1.165) is 24.2 Å².